The molecule has 0 radical (unpaired) electrons. The van der Waals surface area contributed by atoms with Crippen molar-refractivity contribution in [2.75, 3.05) is 10.0 Å². The molecule has 6 nitrogen and oxygen atoms in total. The summed E-state index contributed by atoms with van der Waals surface area (Å²) in [6.45, 7) is 0. The van der Waals surface area contributed by atoms with Gasteiger partial charge < -0.3 is 10.4 Å². The first-order valence-corrected chi connectivity index (χ1v) is 12.3. The van der Waals surface area contributed by atoms with E-state index in [9.17, 15) is 22.7 Å². The van der Waals surface area contributed by atoms with E-state index in [1.54, 1.807) is 6.07 Å². The lowest BCUT2D eigenvalue weighted by molar-refractivity contribution is 0.102. The highest BCUT2D eigenvalue weighted by molar-refractivity contribution is 9.10. The molecule has 4 rings (SSSR count). The number of amides is 1. The van der Waals surface area contributed by atoms with Crippen molar-refractivity contribution in [1.82, 2.24) is 0 Å². The summed E-state index contributed by atoms with van der Waals surface area (Å²) in [6.07, 6.45) is 0. The molecule has 0 atom stereocenters. The molecule has 1 amide bonds. The highest BCUT2D eigenvalue weighted by atomic mass is 79.9. The molecule has 34 heavy (non-hydrogen) atoms. The van der Waals surface area contributed by atoms with Crippen molar-refractivity contribution < 1.29 is 22.7 Å². The summed E-state index contributed by atoms with van der Waals surface area (Å²) in [5.74, 6) is -1.34. The summed E-state index contributed by atoms with van der Waals surface area (Å²) in [6, 6.07) is 23.3. The molecule has 0 unspecified atom stereocenters. The van der Waals surface area contributed by atoms with Gasteiger partial charge in [0.1, 0.15) is 11.6 Å². The Morgan fingerprint density at radius 1 is 0.853 bits per heavy atom. The average molecular weight is 541 g/mol. The van der Waals surface area contributed by atoms with Crippen LogP contribution in [-0.4, -0.2) is 19.4 Å². The van der Waals surface area contributed by atoms with Crippen LogP contribution in [0.2, 0.25) is 0 Å². The van der Waals surface area contributed by atoms with E-state index in [1.807, 2.05) is 42.5 Å². The maximum atomic E-state index is 13.1. The van der Waals surface area contributed by atoms with Crippen LogP contribution in [0.3, 0.4) is 0 Å². The van der Waals surface area contributed by atoms with Crippen molar-refractivity contribution in [3.8, 4) is 16.9 Å². The van der Waals surface area contributed by atoms with Gasteiger partial charge in [0, 0.05) is 10.2 Å². The molecule has 0 aliphatic carbocycles. The van der Waals surface area contributed by atoms with Gasteiger partial charge in [0.15, 0.2) is 0 Å². The minimum absolute atomic E-state index is 0.138. The number of carbonyl (C=O) groups excluding carboxylic acids is 1. The maximum Gasteiger partial charge on any atom is 0.262 e. The lowest BCUT2D eigenvalue weighted by Crippen LogP contribution is -2.15. The van der Waals surface area contributed by atoms with E-state index >= 15 is 0 Å². The lowest BCUT2D eigenvalue weighted by Gasteiger charge is -2.13. The molecule has 0 spiro atoms. The molecule has 9 heteroatoms. The zero-order valence-electron chi connectivity index (χ0n) is 17.5. The number of aromatic hydroxyl groups is 1. The molecule has 0 aliphatic rings. The summed E-state index contributed by atoms with van der Waals surface area (Å²) in [4.78, 5) is 12.7. The van der Waals surface area contributed by atoms with Gasteiger partial charge in [-0.3, -0.25) is 9.52 Å². The van der Waals surface area contributed by atoms with Gasteiger partial charge in [0.2, 0.25) is 0 Å². The van der Waals surface area contributed by atoms with Gasteiger partial charge in [-0.1, -0.05) is 36.4 Å². The molecule has 0 bridgehead atoms. The Bertz CT molecular complexity index is 1460. The highest BCUT2D eigenvalue weighted by Gasteiger charge is 2.18. The van der Waals surface area contributed by atoms with Crippen LogP contribution in [0.4, 0.5) is 15.8 Å². The van der Waals surface area contributed by atoms with E-state index in [0.717, 1.165) is 35.4 Å². The first-order valence-electron chi connectivity index (χ1n) is 10.0. The van der Waals surface area contributed by atoms with Crippen LogP contribution in [0.25, 0.3) is 11.1 Å². The minimum atomic E-state index is -4.08. The quantitative estimate of drug-likeness (QED) is 0.206. The fourth-order valence-electron chi connectivity index (χ4n) is 3.22. The van der Waals surface area contributed by atoms with Crippen LogP contribution in [0.1, 0.15) is 10.4 Å². The van der Waals surface area contributed by atoms with Gasteiger partial charge in [0.05, 0.1) is 16.1 Å². The largest absolute Gasteiger partial charge is 0.506 e. The van der Waals surface area contributed by atoms with Gasteiger partial charge in [-0.2, -0.15) is 0 Å². The average Bonchev–Trinajstić information content (AvgIpc) is 2.82. The summed E-state index contributed by atoms with van der Waals surface area (Å²) >= 11 is 3.44. The predicted molar refractivity (Wildman–Crippen MR) is 133 cm³/mol. The van der Waals surface area contributed by atoms with E-state index in [2.05, 4.69) is 26.0 Å². The number of phenols is 1. The number of carbonyl (C=O) groups is 1. The summed E-state index contributed by atoms with van der Waals surface area (Å²) in [5, 5.41) is 12.8. The smallest absolute Gasteiger partial charge is 0.262 e. The third kappa shape index (κ3) is 5.27. The molecule has 3 N–H and O–H groups in total. The SMILES string of the molecule is O=C(Nc1ccc(O)c(NS(=O)(=O)c2ccc(F)cc2)c1)c1ccc(-c2ccccc2)cc1Br. The maximum absolute atomic E-state index is 13.1. The number of phenolic OH excluding ortho intramolecular Hbond substituents is 1. The summed E-state index contributed by atoms with van der Waals surface area (Å²) in [5.41, 5.74) is 2.44. The van der Waals surface area contributed by atoms with Crippen LogP contribution in [-0.2, 0) is 10.0 Å². The van der Waals surface area contributed by atoms with Crippen LogP contribution in [0.5, 0.6) is 5.75 Å². The second kappa shape index (κ2) is 9.66. The van der Waals surface area contributed by atoms with Gasteiger partial charge >= 0.3 is 0 Å². The van der Waals surface area contributed by atoms with E-state index in [0.29, 0.717) is 10.0 Å². The normalized spacial score (nSPS) is 11.1. The molecular formula is C25H18BrFN2O4S. The number of nitrogens with one attached hydrogen (secondary N) is 2. The van der Waals surface area contributed by atoms with Crippen LogP contribution in [0.15, 0.2) is 100 Å². The Morgan fingerprint density at radius 2 is 1.56 bits per heavy atom. The molecular weight excluding hydrogens is 523 g/mol. The predicted octanol–water partition coefficient (Wildman–Crippen LogP) is 6.01. The molecule has 0 saturated carbocycles. The monoisotopic (exact) mass is 540 g/mol. The lowest BCUT2D eigenvalue weighted by atomic mass is 10.0. The van der Waals surface area contributed by atoms with Crippen LogP contribution in [0, 0.1) is 5.82 Å². The van der Waals surface area contributed by atoms with E-state index < -0.39 is 21.7 Å². The number of anilines is 2. The zero-order chi connectivity index (χ0) is 24.3. The number of rotatable bonds is 6. The Hall–Kier alpha value is -3.69. The Labute approximate surface area is 204 Å². The van der Waals surface area contributed by atoms with Gasteiger partial charge in [-0.05, 0) is 81.7 Å². The Kier molecular flexibility index (Phi) is 6.67. The molecule has 4 aromatic carbocycles. The summed E-state index contributed by atoms with van der Waals surface area (Å²) < 4.78 is 41.1. The van der Waals surface area contributed by atoms with Crippen LogP contribution < -0.4 is 10.0 Å². The van der Waals surface area contributed by atoms with Crippen molar-refractivity contribution in [2.24, 2.45) is 0 Å². The molecule has 0 aliphatic heterocycles. The van der Waals surface area contributed by atoms with Gasteiger partial charge in [-0.25, -0.2) is 12.8 Å². The second-order valence-corrected chi connectivity index (χ2v) is 9.84. The zero-order valence-corrected chi connectivity index (χ0v) is 19.9. The van der Waals surface area contributed by atoms with Crippen molar-refractivity contribution in [1.29, 1.82) is 0 Å². The van der Waals surface area contributed by atoms with Crippen molar-refractivity contribution in [2.45, 2.75) is 4.90 Å². The molecule has 4 aromatic rings. The fourth-order valence-corrected chi connectivity index (χ4v) is 4.84. The van der Waals surface area contributed by atoms with E-state index in [-0.39, 0.29) is 22.0 Å². The van der Waals surface area contributed by atoms with Gasteiger partial charge in [0.25, 0.3) is 15.9 Å². The van der Waals surface area contributed by atoms with Gasteiger partial charge in [-0.15, -0.1) is 0 Å². The Morgan fingerprint density at radius 3 is 2.24 bits per heavy atom. The third-order valence-electron chi connectivity index (χ3n) is 4.94. The number of sulfonamides is 1. The van der Waals surface area contributed by atoms with E-state index in [4.69, 9.17) is 0 Å². The highest BCUT2D eigenvalue weighted by Crippen LogP contribution is 2.30. The first-order chi connectivity index (χ1) is 16.2. The molecule has 0 fully saturated rings. The second-order valence-electron chi connectivity index (χ2n) is 7.31. The van der Waals surface area contributed by atoms with E-state index in [1.165, 1.54) is 18.2 Å². The topological polar surface area (TPSA) is 95.5 Å². The minimum Gasteiger partial charge on any atom is -0.506 e. The third-order valence-corrected chi connectivity index (χ3v) is 6.98. The molecule has 0 aromatic heterocycles. The number of hydrogen-bond acceptors (Lipinski definition) is 4. The molecule has 172 valence electrons. The Balaban J connectivity index is 1.54. The van der Waals surface area contributed by atoms with Crippen LogP contribution >= 0.6 is 15.9 Å². The number of benzene rings is 4. The fraction of sp³-hybridized carbons (Fsp3) is 0. The molecule has 0 saturated heterocycles. The van der Waals surface area contributed by atoms with Crippen molar-refractivity contribution in [3.63, 3.8) is 0 Å². The van der Waals surface area contributed by atoms with Crippen molar-refractivity contribution >= 4 is 43.2 Å². The van der Waals surface area contributed by atoms with Crippen molar-refractivity contribution in [3.05, 3.63) is 107 Å². The number of hydrogen-bond donors (Lipinski definition) is 3. The molecule has 0 heterocycles. The number of halogens is 2. The summed E-state index contributed by atoms with van der Waals surface area (Å²) in [7, 11) is -4.08. The first kappa shape index (κ1) is 23.5. The standard InChI is InChI=1S/C25H18BrFN2O4S/c26-22-14-17(16-4-2-1-3-5-16)6-12-21(22)25(31)28-19-9-13-24(30)23(15-19)29-34(32,33)20-10-7-18(27)8-11-20/h1-15,29-30H,(H,28,31).